The van der Waals surface area contributed by atoms with Crippen LogP contribution in [0.15, 0.2) is 170 Å². The van der Waals surface area contributed by atoms with Crippen LogP contribution < -0.4 is 0 Å². The van der Waals surface area contributed by atoms with Gasteiger partial charge in [0.25, 0.3) is 0 Å². The van der Waals surface area contributed by atoms with Crippen LogP contribution in [0.1, 0.15) is 43.0 Å². The third-order valence-electron chi connectivity index (χ3n) is 11.3. The summed E-state index contributed by atoms with van der Waals surface area (Å²) in [6, 6.07) is 58.0. The van der Waals surface area contributed by atoms with E-state index in [-0.39, 0.29) is 11.2 Å². The van der Waals surface area contributed by atoms with Crippen LogP contribution in [0, 0.1) is 20.8 Å². The molecule has 7 aromatic carbocycles. The van der Waals surface area contributed by atoms with Gasteiger partial charge in [0.15, 0.2) is 0 Å². The zero-order chi connectivity index (χ0) is 40.8. The van der Waals surface area contributed by atoms with Gasteiger partial charge in [-0.15, -0.1) is 0 Å². The summed E-state index contributed by atoms with van der Waals surface area (Å²) in [5, 5.41) is 11.8. The molecule has 0 saturated carbocycles. The second-order valence-electron chi connectivity index (χ2n) is 16.7. The number of aryl methyl sites for hydroxylation is 3. The molecule has 288 valence electrons. The van der Waals surface area contributed by atoms with Crippen molar-refractivity contribution in [3.63, 3.8) is 0 Å². The normalized spacial score (nSPS) is 11.6. The van der Waals surface area contributed by atoms with Gasteiger partial charge >= 0.3 is 0 Å². The Hall–Kier alpha value is -7.04. The lowest BCUT2D eigenvalue weighted by Gasteiger charge is -2.20. The largest absolute Gasteiger partial charge is 0.507 e. The maximum atomic E-state index is 11.8. The number of benzene rings is 7. The highest BCUT2D eigenvalue weighted by Gasteiger charge is 2.24. The second kappa shape index (κ2) is 15.0. The Morgan fingerprint density at radius 3 is 1.86 bits per heavy atom. The minimum absolute atomic E-state index is 0.0388. The third-order valence-corrected chi connectivity index (χ3v) is 11.3. The first-order chi connectivity index (χ1) is 28.5. The first-order valence-corrected chi connectivity index (χ1v) is 20.3. The van der Waals surface area contributed by atoms with E-state index in [0.717, 1.165) is 83.6 Å². The van der Waals surface area contributed by atoms with Gasteiger partial charge in [-0.05, 0) is 131 Å². The summed E-state index contributed by atoms with van der Waals surface area (Å²) in [6.07, 6.45) is 1.90. The second-order valence-corrected chi connectivity index (χ2v) is 16.7. The molecular weight excluding hydrogens is 719 g/mol. The SMILES string of the molecule is Cc1ccc(-n2c(-c3cc(C)cc(C)c3O)nc3c(-c4cc(-c5ccccc5)cc(-c5cc(-c6ccccc6)ccn5)c4)cccc32)c(-c2ccc(C(C)(C)C)cc2)c1. The first kappa shape index (κ1) is 37.5. The molecular formula is C55H47N3O. The van der Waals surface area contributed by atoms with E-state index in [0.29, 0.717) is 11.4 Å². The number of phenolic OH excluding ortho intramolecular Hbond substituents is 1. The average Bonchev–Trinajstić information content (AvgIpc) is 3.64. The summed E-state index contributed by atoms with van der Waals surface area (Å²) in [7, 11) is 0. The van der Waals surface area contributed by atoms with Gasteiger partial charge in [-0.3, -0.25) is 9.55 Å². The van der Waals surface area contributed by atoms with Crippen molar-refractivity contribution in [2.45, 2.75) is 47.0 Å². The number of pyridine rings is 1. The number of aromatic hydroxyl groups is 1. The van der Waals surface area contributed by atoms with Gasteiger partial charge in [-0.1, -0.05) is 136 Å². The van der Waals surface area contributed by atoms with E-state index in [1.54, 1.807) is 0 Å². The van der Waals surface area contributed by atoms with Gasteiger partial charge in [-0.2, -0.15) is 0 Å². The maximum Gasteiger partial charge on any atom is 0.149 e. The fourth-order valence-electron chi connectivity index (χ4n) is 8.24. The van der Waals surface area contributed by atoms with Crippen molar-refractivity contribution < 1.29 is 5.11 Å². The van der Waals surface area contributed by atoms with E-state index in [9.17, 15) is 5.11 Å². The van der Waals surface area contributed by atoms with Gasteiger partial charge in [-0.25, -0.2) is 4.98 Å². The Kier molecular flexibility index (Phi) is 9.57. The Morgan fingerprint density at radius 2 is 1.15 bits per heavy atom. The highest BCUT2D eigenvalue weighted by molar-refractivity contribution is 5.98. The number of para-hydroxylation sites is 1. The standard InChI is InChI=1S/C55H47N3O/c1-35-20-25-50(47(29-35)40-21-23-45(24-22-40)55(4,5)6)58-51-19-13-18-46(52(51)57-54(58)48-30-36(2)28-37(3)53(48)59)43-31-42(39-16-11-8-12-17-39)32-44(33-43)49-34-41(26-27-56-49)38-14-9-7-10-15-38/h7-34,59H,1-6H3. The van der Waals surface area contributed by atoms with E-state index in [2.05, 4.69) is 185 Å². The van der Waals surface area contributed by atoms with Crippen LogP contribution in [0.2, 0.25) is 0 Å². The predicted molar refractivity (Wildman–Crippen MR) is 246 cm³/mol. The van der Waals surface area contributed by atoms with Gasteiger partial charge in [0.05, 0.1) is 28.0 Å². The van der Waals surface area contributed by atoms with Crippen molar-refractivity contribution >= 4 is 11.0 Å². The highest BCUT2D eigenvalue weighted by Crippen LogP contribution is 2.43. The summed E-state index contributed by atoms with van der Waals surface area (Å²) < 4.78 is 2.24. The number of hydrogen-bond acceptors (Lipinski definition) is 3. The molecule has 0 unspecified atom stereocenters. The number of aromatic nitrogens is 3. The lowest BCUT2D eigenvalue weighted by molar-refractivity contribution is 0.472. The molecule has 0 aliphatic rings. The van der Waals surface area contributed by atoms with Crippen LogP contribution in [0.4, 0.5) is 0 Å². The fourth-order valence-corrected chi connectivity index (χ4v) is 8.24. The van der Waals surface area contributed by atoms with E-state index >= 15 is 0 Å². The summed E-state index contributed by atoms with van der Waals surface area (Å²) in [4.78, 5) is 10.4. The summed E-state index contributed by atoms with van der Waals surface area (Å²) >= 11 is 0. The van der Waals surface area contributed by atoms with Crippen molar-refractivity contribution in [2.24, 2.45) is 0 Å². The van der Waals surface area contributed by atoms with Gasteiger partial charge in [0.1, 0.15) is 11.6 Å². The molecule has 59 heavy (non-hydrogen) atoms. The summed E-state index contributed by atoms with van der Waals surface area (Å²) in [5.74, 6) is 0.916. The first-order valence-electron chi connectivity index (χ1n) is 20.3. The van der Waals surface area contributed by atoms with E-state index in [4.69, 9.17) is 9.97 Å². The number of nitrogens with zero attached hydrogens (tertiary/aromatic N) is 3. The molecule has 0 saturated heterocycles. The van der Waals surface area contributed by atoms with Crippen LogP contribution in [0.25, 0.3) is 83.9 Å². The molecule has 0 aliphatic heterocycles. The van der Waals surface area contributed by atoms with Gasteiger partial charge < -0.3 is 5.11 Å². The molecule has 0 radical (unpaired) electrons. The number of fused-ring (bicyclic) bond motifs is 1. The fraction of sp³-hybridized carbons (Fsp3) is 0.127. The third kappa shape index (κ3) is 7.23. The summed E-state index contributed by atoms with van der Waals surface area (Å²) in [6.45, 7) is 12.9. The van der Waals surface area contributed by atoms with Crippen LogP contribution in [0.3, 0.4) is 0 Å². The lowest BCUT2D eigenvalue weighted by atomic mass is 9.86. The molecule has 1 N–H and O–H groups in total. The van der Waals surface area contributed by atoms with Crippen molar-refractivity contribution in [2.75, 3.05) is 0 Å². The highest BCUT2D eigenvalue weighted by atomic mass is 16.3. The number of hydrogen-bond donors (Lipinski definition) is 1. The van der Waals surface area contributed by atoms with Crippen LogP contribution in [-0.4, -0.2) is 19.6 Å². The van der Waals surface area contributed by atoms with Crippen LogP contribution >= 0.6 is 0 Å². The van der Waals surface area contributed by atoms with Crippen molar-refractivity contribution in [3.8, 4) is 78.6 Å². The van der Waals surface area contributed by atoms with E-state index in [1.807, 2.05) is 31.3 Å². The molecule has 9 aromatic rings. The molecule has 0 bridgehead atoms. The number of phenols is 1. The molecule has 0 aliphatic carbocycles. The Balaban J connectivity index is 1.31. The average molecular weight is 766 g/mol. The van der Waals surface area contributed by atoms with E-state index in [1.165, 1.54) is 11.1 Å². The Labute approximate surface area is 347 Å². The molecule has 0 fully saturated rings. The molecule has 4 heteroatoms. The molecule has 9 rings (SSSR count). The zero-order valence-electron chi connectivity index (χ0n) is 34.5. The van der Waals surface area contributed by atoms with E-state index < -0.39 is 0 Å². The van der Waals surface area contributed by atoms with Crippen molar-refractivity contribution in [1.82, 2.24) is 14.5 Å². The Morgan fingerprint density at radius 1 is 0.492 bits per heavy atom. The minimum Gasteiger partial charge on any atom is -0.507 e. The van der Waals surface area contributed by atoms with Crippen LogP contribution in [-0.2, 0) is 5.41 Å². The molecule has 0 spiro atoms. The predicted octanol–water partition coefficient (Wildman–Crippen LogP) is 14.4. The number of rotatable bonds is 7. The van der Waals surface area contributed by atoms with Crippen molar-refractivity contribution in [3.05, 3.63) is 192 Å². The molecule has 0 amide bonds. The molecule has 2 heterocycles. The monoisotopic (exact) mass is 765 g/mol. The maximum absolute atomic E-state index is 11.8. The van der Waals surface area contributed by atoms with Gasteiger partial charge in [0.2, 0.25) is 0 Å². The van der Waals surface area contributed by atoms with Crippen molar-refractivity contribution in [1.29, 1.82) is 0 Å². The molecule has 0 atom stereocenters. The smallest absolute Gasteiger partial charge is 0.149 e. The number of imidazole rings is 1. The minimum atomic E-state index is 0.0388. The quantitative estimate of drug-likeness (QED) is 0.176. The molecule has 4 nitrogen and oxygen atoms in total. The summed E-state index contributed by atoms with van der Waals surface area (Å²) in [5.41, 5.74) is 18.5. The van der Waals surface area contributed by atoms with Crippen LogP contribution in [0.5, 0.6) is 5.75 Å². The lowest BCUT2D eigenvalue weighted by Crippen LogP contribution is -2.10. The molecule has 2 aromatic heterocycles. The topological polar surface area (TPSA) is 50.9 Å². The zero-order valence-corrected chi connectivity index (χ0v) is 34.5. The van der Waals surface area contributed by atoms with Gasteiger partial charge in [0, 0.05) is 22.9 Å². The Bertz CT molecular complexity index is 2990.